The van der Waals surface area contributed by atoms with Crippen LogP contribution in [-0.2, 0) is 30.1 Å². The van der Waals surface area contributed by atoms with Gasteiger partial charge in [0, 0.05) is 61.9 Å². The Morgan fingerprint density at radius 2 is 0.947 bits per heavy atom. The first-order valence-electron chi connectivity index (χ1n) is 29.7. The number of hydrogen-bond donors (Lipinski definition) is 3. The van der Waals surface area contributed by atoms with Crippen molar-refractivity contribution in [3.05, 3.63) is 241 Å². The zero-order chi connectivity index (χ0) is 66.7. The van der Waals surface area contributed by atoms with Gasteiger partial charge in [0.15, 0.2) is 0 Å². The average molecular weight is 1310 g/mol. The number of para-hydroxylation sites is 1. The first-order valence-corrected chi connectivity index (χ1v) is 34.4. The molecule has 0 aliphatic carbocycles. The predicted molar refractivity (Wildman–Crippen MR) is 371 cm³/mol. The van der Waals surface area contributed by atoms with E-state index in [1.54, 1.807) is 119 Å². The summed E-state index contributed by atoms with van der Waals surface area (Å²) in [5.41, 5.74) is 9.18. The second kappa shape index (κ2) is 28.8. The van der Waals surface area contributed by atoms with Crippen LogP contribution in [0.25, 0.3) is 65.3 Å². The van der Waals surface area contributed by atoms with Gasteiger partial charge in [-0.05, 0) is 148 Å². The lowest BCUT2D eigenvalue weighted by molar-refractivity contribution is 0.101. The van der Waals surface area contributed by atoms with Crippen LogP contribution in [0.15, 0.2) is 218 Å². The Balaban J connectivity index is 0.000000137. The largest absolute Gasteiger partial charge is 0.321 e. The fourth-order valence-electron chi connectivity index (χ4n) is 10.1. The smallest absolute Gasteiger partial charge is 0.274 e. The predicted octanol–water partition coefficient (Wildman–Crippen LogP) is 13.2. The van der Waals surface area contributed by atoms with Crippen molar-refractivity contribution >= 4 is 130 Å². The van der Waals surface area contributed by atoms with Crippen LogP contribution in [0, 0.1) is 32.6 Å². The van der Waals surface area contributed by atoms with Crippen LogP contribution in [-0.4, -0.2) is 94.1 Å². The Hall–Kier alpha value is -10.8. The van der Waals surface area contributed by atoms with E-state index in [-0.39, 0.29) is 45.7 Å². The van der Waals surface area contributed by atoms with Gasteiger partial charge in [0.2, 0.25) is 20.0 Å². The molecule has 0 aliphatic heterocycles. The Morgan fingerprint density at radius 3 is 1.54 bits per heavy atom. The lowest BCUT2D eigenvalue weighted by Crippen LogP contribution is -2.41. The molecule has 476 valence electrons. The summed E-state index contributed by atoms with van der Waals surface area (Å²) in [6, 6.07) is 57.5. The van der Waals surface area contributed by atoms with Crippen molar-refractivity contribution in [1.82, 2.24) is 45.5 Å². The average Bonchev–Trinajstić information content (AvgIpc) is 0.764. The summed E-state index contributed by atoms with van der Waals surface area (Å²) in [7, 11) is -11.7. The first kappa shape index (κ1) is 66.1. The van der Waals surface area contributed by atoms with Crippen LogP contribution in [0.1, 0.15) is 65.6 Å². The van der Waals surface area contributed by atoms with Gasteiger partial charge in [-0.15, -0.1) is 0 Å². The Kier molecular flexibility index (Phi) is 20.2. The van der Waals surface area contributed by atoms with Crippen LogP contribution in [0.3, 0.4) is 0 Å². The number of hydrogen-bond acceptors (Lipinski definition) is 17. The zero-order valence-electron chi connectivity index (χ0n) is 52.2. The molecule has 0 unspecified atom stereocenters. The molecule has 13 rings (SSSR count). The summed E-state index contributed by atoms with van der Waals surface area (Å²) >= 11 is 0. The van der Waals surface area contributed by atoms with E-state index in [1.807, 2.05) is 130 Å². The number of sulfonamides is 3. The van der Waals surface area contributed by atoms with Crippen LogP contribution in [0.4, 0.5) is 22.7 Å². The van der Waals surface area contributed by atoms with E-state index in [0.717, 1.165) is 71.8 Å². The fourth-order valence-corrected chi connectivity index (χ4v) is 15.8. The monoisotopic (exact) mass is 1310 g/mol. The van der Waals surface area contributed by atoms with E-state index in [4.69, 9.17) is 0 Å². The number of benzene rings is 7. The van der Waals surface area contributed by atoms with Crippen LogP contribution < -0.4 is 19.1 Å². The first-order chi connectivity index (χ1) is 45.0. The second-order valence-corrected chi connectivity index (χ2v) is 28.4. The maximum Gasteiger partial charge on any atom is 0.274 e. The van der Waals surface area contributed by atoms with Crippen molar-refractivity contribution in [2.75, 3.05) is 30.6 Å². The van der Waals surface area contributed by atoms with Gasteiger partial charge in [-0.2, -0.15) is 34.3 Å². The number of aryl methyl sites for hydroxylation is 3. The van der Waals surface area contributed by atoms with Gasteiger partial charge in [-0.1, -0.05) is 107 Å². The molecule has 0 bridgehead atoms. The molecule has 21 nitrogen and oxygen atoms in total. The molecule has 3 N–H and O–H groups in total. The van der Waals surface area contributed by atoms with Gasteiger partial charge in [0.1, 0.15) is 5.69 Å². The topological polar surface area (TPSA) is 292 Å². The van der Waals surface area contributed by atoms with Crippen molar-refractivity contribution in [2.45, 2.75) is 53.4 Å². The molecule has 7 aromatic carbocycles. The van der Waals surface area contributed by atoms with Gasteiger partial charge in [-0.25, -0.2) is 30.2 Å². The van der Waals surface area contributed by atoms with E-state index in [0.29, 0.717) is 42.6 Å². The summed E-state index contributed by atoms with van der Waals surface area (Å²) in [5.74, 6) is -1.29. The van der Waals surface area contributed by atoms with Crippen LogP contribution in [0.2, 0.25) is 0 Å². The molecule has 0 aliphatic rings. The number of fused-ring (bicyclic) bond motifs is 6. The molecule has 2 amide bonds. The van der Waals surface area contributed by atoms with Gasteiger partial charge >= 0.3 is 0 Å². The number of anilines is 4. The van der Waals surface area contributed by atoms with Crippen molar-refractivity contribution < 1.29 is 34.8 Å². The summed E-state index contributed by atoms with van der Waals surface area (Å²) in [5, 5.41) is 35.9. The zero-order valence-corrected chi connectivity index (χ0v) is 54.7. The van der Waals surface area contributed by atoms with E-state index in [1.165, 1.54) is 12.3 Å². The molecular formula is C70H65N13O8S3. The summed E-state index contributed by atoms with van der Waals surface area (Å²) in [4.78, 5) is 38.1. The minimum absolute atomic E-state index is 0.154. The number of aromatic nitrogens is 9. The molecule has 13 aromatic rings. The Morgan fingerprint density at radius 1 is 0.436 bits per heavy atom. The van der Waals surface area contributed by atoms with Gasteiger partial charge in [0.25, 0.3) is 21.8 Å². The quantitative estimate of drug-likeness (QED) is 0.0911. The number of carbonyl (C=O) groups excluding carboxylic acids is 2. The van der Waals surface area contributed by atoms with Gasteiger partial charge < -0.3 is 10.6 Å². The molecule has 6 aromatic heterocycles. The lowest BCUT2D eigenvalue weighted by Gasteiger charge is -2.26. The molecule has 0 saturated heterocycles. The SMILES string of the molecule is CC(C)CS(=O)(=O)N(c1cccc2cnccc12)S(=O)(=O)CC(C)C.Cc1cc2c(NC(=O)c3ccc4ccccc4n3)cccc2nn1.Cc1cc2c(NC(=O)c3ccc4ncccc4c3)cccc2nn1.Cc1cc2c(NS(=O)(=O)c3ccccc3)cccc2nn1. The summed E-state index contributed by atoms with van der Waals surface area (Å²) < 4.78 is 79.8. The third kappa shape index (κ3) is 16.1. The number of amides is 2. The molecule has 6 heterocycles. The third-order valence-electron chi connectivity index (χ3n) is 14.2. The maximum absolute atomic E-state index is 12.9. The Labute approximate surface area is 544 Å². The minimum atomic E-state index is -4.04. The molecule has 94 heavy (non-hydrogen) atoms. The van der Waals surface area contributed by atoms with Crippen LogP contribution >= 0.6 is 0 Å². The second-order valence-electron chi connectivity index (χ2n) is 22.7. The lowest BCUT2D eigenvalue weighted by atomic mass is 10.1. The highest BCUT2D eigenvalue weighted by Gasteiger charge is 2.36. The number of rotatable bonds is 14. The van der Waals surface area contributed by atoms with Crippen molar-refractivity contribution in [3.8, 4) is 0 Å². The van der Waals surface area contributed by atoms with Crippen molar-refractivity contribution in [3.63, 3.8) is 0 Å². The molecule has 0 radical (unpaired) electrons. The standard InChI is InChI=1S/2C19H14N4O.C17H24N2O4S2.C15H13N3O2S/c1-12-10-15-17(5-2-6-18(15)23-22-12)21-19(24)14-7-8-16-13(11-14)4-3-9-20-16;1-12-11-14-16(7-4-8-17(14)23-22-12)21-19(24)18-10-9-13-5-2-3-6-15(13)20-18;1-13(2)11-24(20,21)19(25(22,23)12-14(3)4)17-7-5-6-15-10-18-9-8-16(15)17;1-11-10-13-14(17-16-11)8-5-9-15(13)18-21(19,20)12-6-3-2-4-7-12/h2*2-11H,1H3,(H,21,24);5-10,13-14H,11-12H2,1-4H3;2-10,18H,1H3. The highest BCUT2D eigenvalue weighted by atomic mass is 32.3. The van der Waals surface area contributed by atoms with Gasteiger partial charge in [-0.3, -0.25) is 24.3 Å². The summed E-state index contributed by atoms with van der Waals surface area (Å²) in [6.07, 6.45) is 4.84. The number of nitrogens with zero attached hydrogens (tertiary/aromatic N) is 10. The van der Waals surface area contributed by atoms with Crippen molar-refractivity contribution in [1.29, 1.82) is 0 Å². The molecule has 0 saturated carbocycles. The maximum atomic E-state index is 12.9. The van der Waals surface area contributed by atoms with Crippen LogP contribution in [0.5, 0.6) is 0 Å². The minimum Gasteiger partial charge on any atom is -0.321 e. The highest BCUT2D eigenvalue weighted by Crippen LogP contribution is 2.33. The molecule has 24 heteroatoms. The van der Waals surface area contributed by atoms with E-state index >= 15 is 0 Å². The third-order valence-corrected chi connectivity index (χ3v) is 20.5. The molecule has 0 atom stereocenters. The number of nitrogens with one attached hydrogen (secondary N) is 3. The fraction of sp³-hybridized carbons (Fsp3) is 0.157. The number of carbonyl (C=O) groups is 2. The highest BCUT2D eigenvalue weighted by molar-refractivity contribution is 8.10. The van der Waals surface area contributed by atoms with Gasteiger partial charge in [0.05, 0.1) is 83.8 Å². The normalized spacial score (nSPS) is 11.5. The van der Waals surface area contributed by atoms with E-state index in [9.17, 15) is 34.8 Å². The van der Waals surface area contributed by atoms with E-state index in [2.05, 4.69) is 60.9 Å². The Bertz CT molecular complexity index is 5100. The molecule has 0 spiro atoms. The molecule has 0 fully saturated rings. The summed E-state index contributed by atoms with van der Waals surface area (Å²) in [6.45, 7) is 12.6. The van der Waals surface area contributed by atoms with E-state index < -0.39 is 30.1 Å². The molecular weight excluding hydrogens is 1250 g/mol. The number of pyridine rings is 3. The van der Waals surface area contributed by atoms with Crippen molar-refractivity contribution in [2.24, 2.45) is 11.8 Å².